The van der Waals surface area contributed by atoms with E-state index in [1.165, 1.54) is 24.3 Å². The van der Waals surface area contributed by atoms with Crippen LogP contribution in [0.25, 0.3) is 0 Å². The van der Waals surface area contributed by atoms with E-state index in [-0.39, 0.29) is 6.61 Å². The van der Waals surface area contributed by atoms with Gasteiger partial charge in [-0.2, -0.15) is 8.42 Å². The van der Waals surface area contributed by atoms with Crippen molar-refractivity contribution in [2.45, 2.75) is 18.8 Å². The number of ether oxygens (including phenoxy) is 2. The Kier molecular flexibility index (Phi) is 5.88. The second-order valence-corrected chi connectivity index (χ2v) is 7.74. The lowest BCUT2D eigenvalue weighted by atomic mass is 10.0. The first-order valence-corrected chi connectivity index (χ1v) is 10.3. The van der Waals surface area contributed by atoms with Crippen LogP contribution in [0.4, 0.5) is 0 Å². The van der Waals surface area contributed by atoms with Gasteiger partial charge >= 0.3 is 16.1 Å². The fraction of sp³-hybridized carbons (Fsp3) is 0.200. The highest BCUT2D eigenvalue weighted by Crippen LogP contribution is 2.32. The molecule has 152 valence electrons. The van der Waals surface area contributed by atoms with Crippen LogP contribution in [-0.2, 0) is 34.3 Å². The maximum Gasteiger partial charge on any atom is 0.338 e. The summed E-state index contributed by atoms with van der Waals surface area (Å²) in [5, 5.41) is 0. The topological polar surface area (TPSA) is 122 Å². The van der Waals surface area contributed by atoms with E-state index in [0.717, 1.165) is 0 Å². The van der Waals surface area contributed by atoms with Crippen LogP contribution >= 0.6 is 0 Å². The molecule has 1 aliphatic rings. The van der Waals surface area contributed by atoms with Crippen molar-refractivity contribution in [2.75, 3.05) is 6.61 Å². The number of hydrogen-bond donors (Lipinski definition) is 1. The summed E-state index contributed by atoms with van der Waals surface area (Å²) in [5.74, 6) is -2.60. The lowest BCUT2D eigenvalue weighted by Gasteiger charge is -2.10. The molecule has 1 unspecified atom stereocenters. The molecule has 8 nitrogen and oxygen atoms in total. The molecule has 1 heterocycles. The van der Waals surface area contributed by atoms with Gasteiger partial charge in [-0.1, -0.05) is 42.5 Å². The highest BCUT2D eigenvalue weighted by molar-refractivity contribution is 7.86. The molecule has 0 aliphatic carbocycles. The first-order valence-electron chi connectivity index (χ1n) is 8.74. The molecular formula is C20H19NO7S. The monoisotopic (exact) mass is 417 g/mol. The number of rotatable bonds is 7. The second kappa shape index (κ2) is 8.36. The van der Waals surface area contributed by atoms with E-state index in [1.807, 2.05) is 0 Å². The molecule has 0 bridgehead atoms. The number of esters is 1. The second-order valence-electron chi connectivity index (χ2n) is 6.17. The lowest BCUT2D eigenvalue weighted by molar-refractivity contribution is -0.123. The fourth-order valence-corrected chi connectivity index (χ4v) is 3.80. The standard InChI is InChI=1S/C20H19NO7S/c1-2-26-20(23)15-10-8-14(9-11-15)17-16(22)18(19(21)27-17)28-29(24,25)12-13-6-4-3-5-7-13/h3-11,17H,2,12,21H2,1H3. The van der Waals surface area contributed by atoms with Gasteiger partial charge in [-0.15, -0.1) is 0 Å². The Morgan fingerprint density at radius 2 is 1.76 bits per heavy atom. The predicted molar refractivity (Wildman–Crippen MR) is 103 cm³/mol. The number of carbonyl (C=O) groups is 2. The Bertz CT molecular complexity index is 1040. The normalized spacial score (nSPS) is 16.4. The van der Waals surface area contributed by atoms with Crippen LogP contribution in [0.15, 0.2) is 66.2 Å². The van der Waals surface area contributed by atoms with Crippen molar-refractivity contribution >= 4 is 21.9 Å². The summed E-state index contributed by atoms with van der Waals surface area (Å²) in [6.07, 6.45) is -1.16. The number of hydrogen-bond acceptors (Lipinski definition) is 8. The molecule has 0 fully saturated rings. The molecule has 3 rings (SSSR count). The van der Waals surface area contributed by atoms with Crippen LogP contribution in [0.5, 0.6) is 0 Å². The molecule has 29 heavy (non-hydrogen) atoms. The number of nitrogens with two attached hydrogens (primary N) is 1. The molecule has 0 saturated heterocycles. The van der Waals surface area contributed by atoms with E-state index in [1.54, 1.807) is 37.3 Å². The van der Waals surface area contributed by atoms with Crippen molar-refractivity contribution < 1.29 is 31.7 Å². The summed E-state index contributed by atoms with van der Waals surface area (Å²) < 4.78 is 39.8. The minimum atomic E-state index is -4.11. The Hall–Kier alpha value is -3.33. The van der Waals surface area contributed by atoms with Gasteiger partial charge in [-0.3, -0.25) is 4.79 Å². The molecule has 9 heteroatoms. The van der Waals surface area contributed by atoms with Crippen LogP contribution in [0.1, 0.15) is 34.5 Å². The van der Waals surface area contributed by atoms with E-state index < -0.39 is 45.4 Å². The van der Waals surface area contributed by atoms with E-state index in [0.29, 0.717) is 16.7 Å². The van der Waals surface area contributed by atoms with Crippen molar-refractivity contribution in [3.8, 4) is 0 Å². The average molecular weight is 417 g/mol. The minimum Gasteiger partial charge on any atom is -0.462 e. The molecule has 0 radical (unpaired) electrons. The van der Waals surface area contributed by atoms with Gasteiger partial charge in [-0.05, 0) is 24.6 Å². The number of carbonyl (C=O) groups excluding carboxylic acids is 2. The van der Waals surface area contributed by atoms with Gasteiger partial charge in [0.25, 0.3) is 0 Å². The zero-order valence-corrected chi connectivity index (χ0v) is 16.3. The predicted octanol–water partition coefficient (Wildman–Crippen LogP) is 2.18. The number of Topliss-reactive ketones (excluding diaryl/α,β-unsaturated/α-hetero) is 1. The first-order chi connectivity index (χ1) is 13.8. The average Bonchev–Trinajstić information content (AvgIpc) is 2.96. The highest BCUT2D eigenvalue weighted by atomic mass is 32.2. The molecule has 0 saturated carbocycles. The molecule has 1 atom stereocenters. The third-order valence-electron chi connectivity index (χ3n) is 4.05. The SMILES string of the molecule is CCOC(=O)c1ccc(C2OC(N)=C(OS(=O)(=O)Cc3ccccc3)C2=O)cc1. The number of benzene rings is 2. The molecule has 0 amide bonds. The minimum absolute atomic E-state index is 0.239. The summed E-state index contributed by atoms with van der Waals surface area (Å²) in [5.41, 5.74) is 6.89. The van der Waals surface area contributed by atoms with Gasteiger partial charge in [0.1, 0.15) is 5.75 Å². The smallest absolute Gasteiger partial charge is 0.338 e. The van der Waals surface area contributed by atoms with E-state index in [9.17, 15) is 18.0 Å². The van der Waals surface area contributed by atoms with Gasteiger partial charge in [0.15, 0.2) is 6.10 Å². The Balaban J connectivity index is 1.72. The van der Waals surface area contributed by atoms with Crippen LogP contribution in [0.2, 0.25) is 0 Å². The molecule has 1 aliphatic heterocycles. The van der Waals surface area contributed by atoms with Gasteiger partial charge in [0.2, 0.25) is 17.4 Å². The summed E-state index contributed by atoms with van der Waals surface area (Å²) in [7, 11) is -4.11. The first kappa shape index (κ1) is 20.4. The van der Waals surface area contributed by atoms with Crippen molar-refractivity contribution in [1.82, 2.24) is 0 Å². The Labute approximate surface area is 168 Å². The zero-order valence-electron chi connectivity index (χ0n) is 15.5. The Morgan fingerprint density at radius 1 is 1.10 bits per heavy atom. The maximum atomic E-state index is 12.6. The summed E-state index contributed by atoms with van der Waals surface area (Å²) in [6, 6.07) is 14.3. The van der Waals surface area contributed by atoms with E-state index >= 15 is 0 Å². The molecule has 0 aromatic heterocycles. The van der Waals surface area contributed by atoms with Crippen LogP contribution < -0.4 is 5.73 Å². The Morgan fingerprint density at radius 3 is 2.38 bits per heavy atom. The third-order valence-corrected chi connectivity index (χ3v) is 5.16. The van der Waals surface area contributed by atoms with Gasteiger partial charge < -0.3 is 19.4 Å². The van der Waals surface area contributed by atoms with E-state index in [2.05, 4.69) is 0 Å². The largest absolute Gasteiger partial charge is 0.462 e. The molecule has 0 spiro atoms. The zero-order chi connectivity index (χ0) is 21.0. The van der Waals surface area contributed by atoms with E-state index in [4.69, 9.17) is 19.4 Å². The van der Waals surface area contributed by atoms with Crippen molar-refractivity contribution in [3.63, 3.8) is 0 Å². The van der Waals surface area contributed by atoms with Crippen LogP contribution in [0, 0.1) is 0 Å². The van der Waals surface area contributed by atoms with Crippen LogP contribution in [-0.4, -0.2) is 26.8 Å². The summed E-state index contributed by atoms with van der Waals surface area (Å²) >= 11 is 0. The fourth-order valence-electron chi connectivity index (χ4n) is 2.72. The summed E-state index contributed by atoms with van der Waals surface area (Å²) in [6.45, 7) is 1.93. The van der Waals surface area contributed by atoms with Gasteiger partial charge in [-0.25, -0.2) is 4.79 Å². The molecule has 2 aromatic rings. The third kappa shape index (κ3) is 4.75. The van der Waals surface area contributed by atoms with Gasteiger partial charge in [0, 0.05) is 5.56 Å². The van der Waals surface area contributed by atoms with Crippen molar-refractivity contribution in [2.24, 2.45) is 5.73 Å². The quantitative estimate of drug-likeness (QED) is 0.537. The molecule has 2 N–H and O–H groups in total. The van der Waals surface area contributed by atoms with Gasteiger partial charge in [0.05, 0.1) is 12.2 Å². The van der Waals surface area contributed by atoms with Crippen LogP contribution in [0.3, 0.4) is 0 Å². The summed E-state index contributed by atoms with van der Waals surface area (Å²) in [4.78, 5) is 24.3. The van der Waals surface area contributed by atoms with Crippen molar-refractivity contribution in [1.29, 1.82) is 0 Å². The highest BCUT2D eigenvalue weighted by Gasteiger charge is 2.39. The van der Waals surface area contributed by atoms with Crippen molar-refractivity contribution in [3.05, 3.63) is 82.9 Å². The number of ketones is 1. The molecular weight excluding hydrogens is 398 g/mol. The molecule has 2 aromatic carbocycles. The maximum absolute atomic E-state index is 12.6. The lowest BCUT2D eigenvalue weighted by Crippen LogP contribution is -2.16.